The Labute approximate surface area is 129 Å². The quantitative estimate of drug-likeness (QED) is 0.805. The topological polar surface area (TPSA) is 75.7 Å². The molecule has 1 saturated heterocycles. The van der Waals surface area contributed by atoms with Crippen molar-refractivity contribution in [1.82, 2.24) is 4.90 Å². The number of carbonyl (C=O) groups is 3. The van der Waals surface area contributed by atoms with Gasteiger partial charge in [0, 0.05) is 18.7 Å². The lowest BCUT2D eigenvalue weighted by Gasteiger charge is -2.15. The summed E-state index contributed by atoms with van der Waals surface area (Å²) in [5.41, 5.74) is 1.47. The summed E-state index contributed by atoms with van der Waals surface area (Å²) in [6.45, 7) is 2.86. The van der Waals surface area contributed by atoms with Gasteiger partial charge in [0.25, 0.3) is 0 Å². The van der Waals surface area contributed by atoms with E-state index in [1.54, 1.807) is 36.1 Å². The first-order valence-electron chi connectivity index (χ1n) is 7.40. The van der Waals surface area contributed by atoms with Crippen LogP contribution >= 0.6 is 0 Å². The lowest BCUT2D eigenvalue weighted by atomic mass is 10.1. The summed E-state index contributed by atoms with van der Waals surface area (Å²) in [5, 5.41) is 2.75. The second-order valence-corrected chi connectivity index (χ2v) is 5.15. The maximum Gasteiger partial charge on any atom is 0.310 e. The molecule has 0 bridgehead atoms. The highest BCUT2D eigenvalue weighted by molar-refractivity contribution is 5.94. The number of hydrogen-bond donors (Lipinski definition) is 1. The van der Waals surface area contributed by atoms with E-state index in [9.17, 15) is 14.4 Å². The fourth-order valence-electron chi connectivity index (χ4n) is 2.33. The molecular formula is C16H20N2O4. The number of rotatable bonds is 6. The maximum absolute atomic E-state index is 11.9. The molecule has 1 aliphatic heterocycles. The molecule has 1 N–H and O–H groups in total. The third-order valence-electron chi connectivity index (χ3n) is 3.40. The van der Waals surface area contributed by atoms with Crippen molar-refractivity contribution in [1.29, 1.82) is 0 Å². The van der Waals surface area contributed by atoms with Crippen molar-refractivity contribution < 1.29 is 19.1 Å². The van der Waals surface area contributed by atoms with E-state index in [2.05, 4.69) is 5.32 Å². The molecule has 118 valence electrons. The Kier molecular flexibility index (Phi) is 5.52. The molecule has 2 amide bonds. The van der Waals surface area contributed by atoms with Crippen molar-refractivity contribution in [3.8, 4) is 0 Å². The summed E-state index contributed by atoms with van der Waals surface area (Å²) in [7, 11) is 0. The van der Waals surface area contributed by atoms with Crippen molar-refractivity contribution in [3.05, 3.63) is 29.8 Å². The molecule has 0 spiro atoms. The highest BCUT2D eigenvalue weighted by atomic mass is 16.5. The maximum atomic E-state index is 11.9. The number of anilines is 1. The van der Waals surface area contributed by atoms with Gasteiger partial charge in [-0.3, -0.25) is 14.4 Å². The smallest absolute Gasteiger partial charge is 0.310 e. The first kappa shape index (κ1) is 16.0. The van der Waals surface area contributed by atoms with E-state index in [-0.39, 0.29) is 30.7 Å². The summed E-state index contributed by atoms with van der Waals surface area (Å²) >= 11 is 0. The average molecular weight is 304 g/mol. The minimum atomic E-state index is -0.271. The van der Waals surface area contributed by atoms with Crippen LogP contribution in [0, 0.1) is 0 Å². The van der Waals surface area contributed by atoms with Crippen LogP contribution in [0.1, 0.15) is 25.3 Å². The molecule has 1 heterocycles. The van der Waals surface area contributed by atoms with Gasteiger partial charge in [0.2, 0.25) is 11.8 Å². The van der Waals surface area contributed by atoms with E-state index in [1.165, 1.54) is 0 Å². The number of nitrogens with zero attached hydrogens (tertiary/aromatic N) is 1. The molecule has 0 saturated carbocycles. The molecule has 6 nitrogen and oxygen atoms in total. The molecule has 22 heavy (non-hydrogen) atoms. The highest BCUT2D eigenvalue weighted by Crippen LogP contribution is 2.12. The monoisotopic (exact) mass is 304 g/mol. The van der Waals surface area contributed by atoms with Gasteiger partial charge in [0.1, 0.15) is 0 Å². The lowest BCUT2D eigenvalue weighted by Crippen LogP contribution is -2.33. The zero-order chi connectivity index (χ0) is 15.9. The van der Waals surface area contributed by atoms with E-state index < -0.39 is 0 Å². The molecule has 0 aromatic heterocycles. The summed E-state index contributed by atoms with van der Waals surface area (Å²) in [6, 6.07) is 7.01. The molecule has 1 fully saturated rings. The van der Waals surface area contributed by atoms with Gasteiger partial charge < -0.3 is 15.0 Å². The highest BCUT2D eigenvalue weighted by Gasteiger charge is 2.22. The Balaban J connectivity index is 1.84. The summed E-state index contributed by atoms with van der Waals surface area (Å²) < 4.78 is 4.88. The van der Waals surface area contributed by atoms with Crippen LogP contribution in [0.4, 0.5) is 5.69 Å². The van der Waals surface area contributed by atoms with Gasteiger partial charge in [-0.25, -0.2) is 0 Å². The van der Waals surface area contributed by atoms with Gasteiger partial charge in [-0.15, -0.1) is 0 Å². The number of ether oxygens (including phenoxy) is 1. The molecule has 1 aliphatic rings. The van der Waals surface area contributed by atoms with Crippen LogP contribution in [0.5, 0.6) is 0 Å². The van der Waals surface area contributed by atoms with E-state index in [1.807, 2.05) is 0 Å². The Bertz CT molecular complexity index is 554. The number of likely N-dealkylation sites (tertiary alicyclic amines) is 1. The fraction of sp³-hybridized carbons (Fsp3) is 0.438. The van der Waals surface area contributed by atoms with Crippen molar-refractivity contribution in [2.24, 2.45) is 0 Å². The zero-order valence-corrected chi connectivity index (χ0v) is 12.6. The lowest BCUT2D eigenvalue weighted by molar-refractivity contribution is -0.142. The predicted molar refractivity (Wildman–Crippen MR) is 81.2 cm³/mol. The first-order valence-corrected chi connectivity index (χ1v) is 7.40. The van der Waals surface area contributed by atoms with Crippen molar-refractivity contribution in [2.75, 3.05) is 25.0 Å². The third-order valence-corrected chi connectivity index (χ3v) is 3.40. The Morgan fingerprint density at radius 3 is 2.59 bits per heavy atom. The van der Waals surface area contributed by atoms with Gasteiger partial charge in [-0.05, 0) is 31.0 Å². The average Bonchev–Trinajstić information content (AvgIpc) is 2.86. The van der Waals surface area contributed by atoms with Gasteiger partial charge in [-0.2, -0.15) is 0 Å². The molecule has 0 unspecified atom stereocenters. The number of carbonyl (C=O) groups excluding carboxylic acids is 3. The van der Waals surface area contributed by atoms with Crippen LogP contribution in [0.15, 0.2) is 24.3 Å². The summed E-state index contributed by atoms with van der Waals surface area (Å²) in [5.74, 6) is -0.458. The van der Waals surface area contributed by atoms with Gasteiger partial charge in [-0.1, -0.05) is 12.1 Å². The second-order valence-electron chi connectivity index (χ2n) is 5.15. The van der Waals surface area contributed by atoms with Gasteiger partial charge >= 0.3 is 5.97 Å². The minimum Gasteiger partial charge on any atom is -0.466 e. The molecule has 2 rings (SSSR count). The van der Waals surface area contributed by atoms with Crippen LogP contribution in [0.3, 0.4) is 0 Å². The normalized spacial score (nSPS) is 14.0. The molecule has 6 heteroatoms. The Morgan fingerprint density at radius 1 is 1.27 bits per heavy atom. The van der Waals surface area contributed by atoms with Crippen LogP contribution in [0.25, 0.3) is 0 Å². The van der Waals surface area contributed by atoms with Gasteiger partial charge in [0.05, 0.1) is 19.6 Å². The number of amides is 2. The molecular weight excluding hydrogens is 284 g/mol. The largest absolute Gasteiger partial charge is 0.466 e. The molecule has 1 aromatic carbocycles. The number of hydrogen-bond acceptors (Lipinski definition) is 4. The standard InChI is InChI=1S/C16H20N2O4/c1-2-22-16(21)10-12-5-7-13(8-6-12)17-14(19)11-18-9-3-4-15(18)20/h5-8H,2-4,9-11H2,1H3,(H,17,19). The minimum absolute atomic E-state index is 0.0277. The van der Waals surface area contributed by atoms with E-state index >= 15 is 0 Å². The Morgan fingerprint density at radius 2 is 2.00 bits per heavy atom. The first-order chi connectivity index (χ1) is 10.6. The zero-order valence-electron chi connectivity index (χ0n) is 12.6. The van der Waals surface area contributed by atoms with Crippen molar-refractivity contribution in [2.45, 2.75) is 26.2 Å². The number of nitrogens with one attached hydrogen (secondary N) is 1. The Hall–Kier alpha value is -2.37. The summed E-state index contributed by atoms with van der Waals surface area (Å²) in [4.78, 5) is 36.3. The fourth-order valence-corrected chi connectivity index (χ4v) is 2.33. The van der Waals surface area contributed by atoms with Crippen molar-refractivity contribution >= 4 is 23.5 Å². The van der Waals surface area contributed by atoms with E-state index in [0.29, 0.717) is 25.3 Å². The van der Waals surface area contributed by atoms with E-state index in [4.69, 9.17) is 4.74 Å². The van der Waals surface area contributed by atoms with Crippen LogP contribution in [0.2, 0.25) is 0 Å². The number of esters is 1. The second kappa shape index (κ2) is 7.59. The third kappa shape index (κ3) is 4.58. The molecule has 0 atom stereocenters. The predicted octanol–water partition coefficient (Wildman–Crippen LogP) is 1.35. The SMILES string of the molecule is CCOC(=O)Cc1ccc(NC(=O)CN2CCCC2=O)cc1. The van der Waals surface area contributed by atoms with Crippen molar-refractivity contribution in [3.63, 3.8) is 0 Å². The van der Waals surface area contributed by atoms with E-state index in [0.717, 1.165) is 12.0 Å². The summed E-state index contributed by atoms with van der Waals surface area (Å²) in [6.07, 6.45) is 1.55. The van der Waals surface area contributed by atoms with Crippen LogP contribution < -0.4 is 5.32 Å². The molecule has 0 radical (unpaired) electrons. The van der Waals surface area contributed by atoms with Crippen LogP contribution in [-0.4, -0.2) is 42.4 Å². The molecule has 1 aromatic rings. The molecule has 0 aliphatic carbocycles. The number of benzene rings is 1. The van der Waals surface area contributed by atoms with Crippen LogP contribution in [-0.2, 0) is 25.5 Å². The van der Waals surface area contributed by atoms with Gasteiger partial charge in [0.15, 0.2) is 0 Å².